The van der Waals surface area contributed by atoms with Crippen LogP contribution in [0, 0.1) is 0 Å². The van der Waals surface area contributed by atoms with Crippen LogP contribution >= 0.6 is 11.3 Å². The van der Waals surface area contributed by atoms with Gasteiger partial charge in [-0.05, 0) is 24.8 Å². The van der Waals surface area contributed by atoms with Gasteiger partial charge in [0.1, 0.15) is 11.5 Å². The minimum Gasteiger partial charge on any atom is -0.329 e. The van der Waals surface area contributed by atoms with Crippen molar-refractivity contribution in [1.29, 1.82) is 0 Å². The van der Waals surface area contributed by atoms with Crippen LogP contribution in [0.4, 0.5) is 5.00 Å². The quantitative estimate of drug-likeness (QED) is 0.731. The second-order valence-corrected chi connectivity index (χ2v) is 5.56. The lowest BCUT2D eigenvalue weighted by Gasteiger charge is -2.21. The summed E-state index contributed by atoms with van der Waals surface area (Å²) in [4.78, 5) is 19.4. The summed E-state index contributed by atoms with van der Waals surface area (Å²) in [6.45, 7) is 1.32. The normalized spacial score (nSPS) is 21.4. The first-order valence-electron chi connectivity index (χ1n) is 5.58. The molecule has 16 heavy (non-hydrogen) atoms. The van der Waals surface area contributed by atoms with E-state index in [9.17, 15) is 4.79 Å². The van der Waals surface area contributed by atoms with Gasteiger partial charge in [0, 0.05) is 17.0 Å². The summed E-state index contributed by atoms with van der Waals surface area (Å²) in [5, 5.41) is 3.93. The highest BCUT2D eigenvalue weighted by atomic mass is 32.1. The van der Waals surface area contributed by atoms with Crippen molar-refractivity contribution >= 4 is 28.2 Å². The Labute approximate surface area is 97.0 Å². The topological polar surface area (TPSA) is 44.7 Å². The Bertz CT molecular complexity index is 532. The molecule has 1 saturated heterocycles. The van der Waals surface area contributed by atoms with Crippen LogP contribution in [-0.2, 0) is 24.2 Å². The summed E-state index contributed by atoms with van der Waals surface area (Å²) in [6, 6.07) is 0. The number of rotatable bonds is 0. The fourth-order valence-electron chi connectivity index (χ4n) is 2.72. The van der Waals surface area contributed by atoms with Crippen molar-refractivity contribution in [2.45, 2.75) is 25.8 Å². The lowest BCUT2D eigenvalue weighted by atomic mass is 10.1. The molecule has 5 heteroatoms. The summed E-state index contributed by atoms with van der Waals surface area (Å²) in [5.41, 5.74) is 2.89. The Hall–Kier alpha value is -1.36. The average Bonchev–Trinajstić information content (AvgIpc) is 2.86. The molecule has 1 aromatic rings. The molecule has 0 unspecified atom stereocenters. The minimum atomic E-state index is 0.0607. The molecule has 3 aliphatic rings. The molecule has 1 fully saturated rings. The summed E-state index contributed by atoms with van der Waals surface area (Å²) < 4.78 is 0. The third-order valence-electron chi connectivity index (χ3n) is 3.45. The van der Waals surface area contributed by atoms with Crippen molar-refractivity contribution < 1.29 is 4.79 Å². The smallest absolute Gasteiger partial charge is 0.246 e. The van der Waals surface area contributed by atoms with Crippen LogP contribution in [0.1, 0.15) is 22.4 Å². The van der Waals surface area contributed by atoms with E-state index in [0.717, 1.165) is 17.5 Å². The van der Waals surface area contributed by atoms with Gasteiger partial charge >= 0.3 is 0 Å². The van der Waals surface area contributed by atoms with Crippen LogP contribution in [-0.4, -0.2) is 23.3 Å². The lowest BCUT2D eigenvalue weighted by Crippen LogP contribution is -2.31. The number of carbonyl (C=O) groups is 1. The molecule has 0 bridgehead atoms. The third kappa shape index (κ3) is 1.04. The zero-order chi connectivity index (χ0) is 10.7. The number of nitrogens with one attached hydrogen (secondary N) is 1. The monoisotopic (exact) mass is 233 g/mol. The number of aliphatic imine (C=N–C) groups is 1. The lowest BCUT2D eigenvalue weighted by molar-refractivity contribution is -0.118. The number of hydrogen-bond donors (Lipinski definition) is 1. The van der Waals surface area contributed by atoms with E-state index in [2.05, 4.69) is 10.3 Å². The third-order valence-corrected chi connectivity index (χ3v) is 4.68. The van der Waals surface area contributed by atoms with Gasteiger partial charge in [0.2, 0.25) is 11.9 Å². The highest BCUT2D eigenvalue weighted by molar-refractivity contribution is 7.16. The van der Waals surface area contributed by atoms with Crippen molar-refractivity contribution in [3.05, 3.63) is 16.0 Å². The molecule has 1 aromatic heterocycles. The van der Waals surface area contributed by atoms with E-state index in [1.165, 1.54) is 35.3 Å². The van der Waals surface area contributed by atoms with Gasteiger partial charge in [-0.15, -0.1) is 11.3 Å². The van der Waals surface area contributed by atoms with Crippen molar-refractivity contribution in [3.8, 4) is 0 Å². The molecule has 3 heterocycles. The SMILES string of the molecule is O=C1CN2Cc3c(sc4c3CCC4)N=C2N1. The molecule has 0 aromatic carbocycles. The van der Waals surface area contributed by atoms with Crippen molar-refractivity contribution in [2.24, 2.45) is 4.99 Å². The maximum absolute atomic E-state index is 11.3. The van der Waals surface area contributed by atoms with Gasteiger partial charge in [-0.1, -0.05) is 0 Å². The van der Waals surface area contributed by atoms with E-state index in [0.29, 0.717) is 6.54 Å². The molecule has 4 rings (SSSR count). The standard InChI is InChI=1S/C11H11N3OS/c15-9-5-14-4-7-6-2-1-3-8(6)16-10(7)13-11(14)12-9/h1-5H2,(H,12,13,15). The number of fused-ring (bicyclic) bond motifs is 4. The molecule has 0 atom stereocenters. The molecule has 0 saturated carbocycles. The van der Waals surface area contributed by atoms with E-state index in [1.54, 1.807) is 0 Å². The van der Waals surface area contributed by atoms with Gasteiger partial charge in [-0.2, -0.15) is 0 Å². The maximum Gasteiger partial charge on any atom is 0.246 e. The van der Waals surface area contributed by atoms with Crippen LogP contribution in [0.25, 0.3) is 0 Å². The molecule has 82 valence electrons. The van der Waals surface area contributed by atoms with Crippen LogP contribution in [0.2, 0.25) is 0 Å². The minimum absolute atomic E-state index is 0.0607. The Balaban J connectivity index is 1.84. The first-order chi connectivity index (χ1) is 7.81. The molecule has 0 spiro atoms. The van der Waals surface area contributed by atoms with Crippen LogP contribution in [0.3, 0.4) is 0 Å². The van der Waals surface area contributed by atoms with Crippen LogP contribution in [0.5, 0.6) is 0 Å². The van der Waals surface area contributed by atoms with Gasteiger partial charge in [0.25, 0.3) is 0 Å². The predicted molar refractivity (Wildman–Crippen MR) is 62.0 cm³/mol. The molecule has 0 radical (unpaired) electrons. The number of hydrogen-bond acceptors (Lipinski definition) is 4. The number of guanidine groups is 1. The second-order valence-electron chi connectivity index (χ2n) is 4.48. The van der Waals surface area contributed by atoms with Gasteiger partial charge in [0.15, 0.2) is 0 Å². The largest absolute Gasteiger partial charge is 0.329 e. The number of aryl methyl sites for hydroxylation is 1. The Morgan fingerprint density at radius 2 is 2.19 bits per heavy atom. The molecule has 4 nitrogen and oxygen atoms in total. The van der Waals surface area contributed by atoms with E-state index in [-0.39, 0.29) is 5.91 Å². The van der Waals surface area contributed by atoms with E-state index in [4.69, 9.17) is 0 Å². The number of nitrogens with zero attached hydrogens (tertiary/aromatic N) is 2. The van der Waals surface area contributed by atoms with Crippen LogP contribution in [0.15, 0.2) is 4.99 Å². The number of amides is 1. The highest BCUT2D eigenvalue weighted by Crippen LogP contribution is 2.43. The van der Waals surface area contributed by atoms with E-state index in [1.807, 2.05) is 16.2 Å². The van der Waals surface area contributed by atoms with E-state index < -0.39 is 0 Å². The van der Waals surface area contributed by atoms with Gasteiger partial charge < -0.3 is 4.90 Å². The summed E-state index contributed by atoms with van der Waals surface area (Å²) in [5.74, 6) is 0.808. The molecule has 1 amide bonds. The zero-order valence-corrected chi connectivity index (χ0v) is 9.56. The Kier molecular flexibility index (Phi) is 1.56. The molecule has 2 aliphatic heterocycles. The van der Waals surface area contributed by atoms with Crippen LogP contribution < -0.4 is 5.32 Å². The van der Waals surface area contributed by atoms with Gasteiger partial charge in [0.05, 0.1) is 0 Å². The van der Waals surface area contributed by atoms with Gasteiger partial charge in [-0.25, -0.2) is 4.99 Å². The fourth-order valence-corrected chi connectivity index (χ4v) is 3.99. The highest BCUT2D eigenvalue weighted by Gasteiger charge is 2.33. The zero-order valence-electron chi connectivity index (χ0n) is 8.75. The summed E-state index contributed by atoms with van der Waals surface area (Å²) in [6.07, 6.45) is 3.69. The first-order valence-corrected chi connectivity index (χ1v) is 6.40. The van der Waals surface area contributed by atoms with Crippen molar-refractivity contribution in [3.63, 3.8) is 0 Å². The predicted octanol–water partition coefficient (Wildman–Crippen LogP) is 1.17. The second kappa shape index (κ2) is 2.85. The first kappa shape index (κ1) is 8.75. The summed E-state index contributed by atoms with van der Waals surface area (Å²) >= 11 is 1.81. The fraction of sp³-hybridized carbons (Fsp3) is 0.455. The average molecular weight is 233 g/mol. The van der Waals surface area contributed by atoms with Gasteiger partial charge in [-0.3, -0.25) is 10.1 Å². The molecule has 1 aliphatic carbocycles. The molecular formula is C11H11N3OS. The Morgan fingerprint density at radius 1 is 1.25 bits per heavy atom. The van der Waals surface area contributed by atoms with Crippen molar-refractivity contribution in [2.75, 3.05) is 6.54 Å². The Morgan fingerprint density at radius 3 is 3.12 bits per heavy atom. The number of thiophene rings is 1. The maximum atomic E-state index is 11.3. The van der Waals surface area contributed by atoms with Crippen molar-refractivity contribution in [1.82, 2.24) is 10.2 Å². The molecular weight excluding hydrogens is 222 g/mol. The summed E-state index contributed by atoms with van der Waals surface area (Å²) in [7, 11) is 0. The molecule has 1 N–H and O–H groups in total. The number of carbonyl (C=O) groups excluding carboxylic acids is 1. The van der Waals surface area contributed by atoms with E-state index >= 15 is 0 Å².